The van der Waals surface area contributed by atoms with Crippen molar-refractivity contribution in [3.8, 4) is 0 Å². The predicted octanol–water partition coefficient (Wildman–Crippen LogP) is 2.30. The third kappa shape index (κ3) is 4.47. The van der Waals surface area contributed by atoms with Gasteiger partial charge in [-0.15, -0.1) is 0 Å². The molecule has 2 amide bonds. The van der Waals surface area contributed by atoms with Crippen LogP contribution in [0, 0.1) is 5.92 Å². The Kier molecular flexibility index (Phi) is 5.31. The maximum absolute atomic E-state index is 12.4. The summed E-state index contributed by atoms with van der Waals surface area (Å²) < 4.78 is 0. The molecule has 0 radical (unpaired) electrons. The Labute approximate surface area is 151 Å². The normalized spacial score (nSPS) is 16.5. The van der Waals surface area contributed by atoms with Crippen LogP contribution in [-0.4, -0.2) is 34.3 Å². The lowest BCUT2D eigenvalue weighted by atomic mass is 10.1. The Bertz CT molecular complexity index is 802. The van der Waals surface area contributed by atoms with Crippen molar-refractivity contribution in [1.82, 2.24) is 4.90 Å². The zero-order valence-corrected chi connectivity index (χ0v) is 14.2. The number of aliphatic carboxylic acids is 1. The van der Waals surface area contributed by atoms with Crippen LogP contribution >= 0.6 is 0 Å². The van der Waals surface area contributed by atoms with Gasteiger partial charge in [0.25, 0.3) is 0 Å². The topological polar surface area (TPSA) is 86.7 Å². The molecule has 3 rings (SSSR count). The van der Waals surface area contributed by atoms with E-state index in [1.165, 1.54) is 0 Å². The van der Waals surface area contributed by atoms with Crippen molar-refractivity contribution in [2.75, 3.05) is 11.9 Å². The van der Waals surface area contributed by atoms with E-state index < -0.39 is 5.97 Å². The molecule has 2 aromatic rings. The van der Waals surface area contributed by atoms with Crippen LogP contribution < -0.4 is 5.32 Å². The van der Waals surface area contributed by atoms with Crippen molar-refractivity contribution in [2.24, 2.45) is 5.92 Å². The average Bonchev–Trinajstić information content (AvgIpc) is 2.98. The van der Waals surface area contributed by atoms with E-state index in [1.807, 2.05) is 30.3 Å². The minimum atomic E-state index is -0.898. The number of carbonyl (C=O) groups excluding carboxylic acids is 2. The molecular formula is C20H20N2O4. The van der Waals surface area contributed by atoms with E-state index in [2.05, 4.69) is 5.32 Å². The summed E-state index contributed by atoms with van der Waals surface area (Å²) in [5.74, 6) is -1.50. The van der Waals surface area contributed by atoms with Crippen LogP contribution in [0.25, 0.3) is 0 Å². The van der Waals surface area contributed by atoms with Gasteiger partial charge in [-0.3, -0.25) is 14.4 Å². The SMILES string of the molecule is O=C(O)Cc1ccc(NC(=O)C2CC(=O)N(Cc3ccccc3)C2)cc1. The van der Waals surface area contributed by atoms with Gasteiger partial charge in [0.05, 0.1) is 12.3 Å². The predicted molar refractivity (Wildman–Crippen MR) is 96.4 cm³/mol. The highest BCUT2D eigenvalue weighted by Gasteiger charge is 2.34. The number of amides is 2. The van der Waals surface area contributed by atoms with Crippen molar-refractivity contribution in [3.05, 3.63) is 65.7 Å². The molecule has 6 heteroatoms. The molecule has 0 saturated carbocycles. The third-order valence-corrected chi connectivity index (χ3v) is 4.38. The van der Waals surface area contributed by atoms with Crippen LogP contribution in [0.1, 0.15) is 17.5 Å². The highest BCUT2D eigenvalue weighted by Crippen LogP contribution is 2.22. The van der Waals surface area contributed by atoms with Gasteiger partial charge in [-0.1, -0.05) is 42.5 Å². The molecule has 2 aromatic carbocycles. The molecule has 2 N–H and O–H groups in total. The Morgan fingerprint density at radius 3 is 2.38 bits per heavy atom. The van der Waals surface area contributed by atoms with Gasteiger partial charge in [-0.05, 0) is 23.3 Å². The second-order valence-electron chi connectivity index (χ2n) is 6.42. The summed E-state index contributed by atoms with van der Waals surface area (Å²) in [4.78, 5) is 37.0. The number of rotatable bonds is 6. The van der Waals surface area contributed by atoms with Crippen LogP contribution in [0.4, 0.5) is 5.69 Å². The number of nitrogens with zero attached hydrogens (tertiary/aromatic N) is 1. The van der Waals surface area contributed by atoms with Crippen LogP contribution in [-0.2, 0) is 27.3 Å². The largest absolute Gasteiger partial charge is 0.481 e. The first-order valence-corrected chi connectivity index (χ1v) is 8.44. The lowest BCUT2D eigenvalue weighted by molar-refractivity contribution is -0.136. The Morgan fingerprint density at radius 2 is 1.73 bits per heavy atom. The van der Waals surface area contributed by atoms with E-state index in [-0.39, 0.29) is 30.6 Å². The smallest absolute Gasteiger partial charge is 0.307 e. The van der Waals surface area contributed by atoms with Gasteiger partial charge in [-0.25, -0.2) is 0 Å². The second kappa shape index (κ2) is 7.82. The standard InChI is InChI=1S/C20H20N2O4/c23-18-11-16(13-22(18)12-15-4-2-1-3-5-15)20(26)21-17-8-6-14(7-9-17)10-19(24)25/h1-9,16H,10-13H2,(H,21,26)(H,24,25). The van der Waals surface area contributed by atoms with Gasteiger partial charge in [0.15, 0.2) is 0 Å². The summed E-state index contributed by atoms with van der Waals surface area (Å²) >= 11 is 0. The third-order valence-electron chi connectivity index (χ3n) is 4.38. The summed E-state index contributed by atoms with van der Waals surface area (Å²) in [6.07, 6.45) is 0.148. The maximum Gasteiger partial charge on any atom is 0.307 e. The summed E-state index contributed by atoms with van der Waals surface area (Å²) in [5, 5.41) is 11.6. The number of anilines is 1. The summed E-state index contributed by atoms with van der Waals surface area (Å²) in [6.45, 7) is 0.907. The second-order valence-corrected chi connectivity index (χ2v) is 6.42. The lowest BCUT2D eigenvalue weighted by Gasteiger charge is -2.16. The van der Waals surface area contributed by atoms with Gasteiger partial charge in [0.2, 0.25) is 11.8 Å². The lowest BCUT2D eigenvalue weighted by Crippen LogP contribution is -2.28. The molecule has 6 nitrogen and oxygen atoms in total. The molecule has 0 aliphatic carbocycles. The molecule has 1 saturated heterocycles. The fourth-order valence-corrected chi connectivity index (χ4v) is 3.03. The van der Waals surface area contributed by atoms with Crippen LogP contribution in [0.5, 0.6) is 0 Å². The van der Waals surface area contributed by atoms with Crippen molar-refractivity contribution in [1.29, 1.82) is 0 Å². The molecule has 1 aliphatic heterocycles. The number of likely N-dealkylation sites (tertiary alicyclic amines) is 1. The van der Waals surface area contributed by atoms with Gasteiger partial charge < -0.3 is 15.3 Å². The monoisotopic (exact) mass is 352 g/mol. The van der Waals surface area contributed by atoms with Crippen molar-refractivity contribution >= 4 is 23.5 Å². The molecular weight excluding hydrogens is 332 g/mol. The molecule has 1 unspecified atom stereocenters. The van der Waals surface area contributed by atoms with Crippen LogP contribution in [0.3, 0.4) is 0 Å². The van der Waals surface area contributed by atoms with E-state index in [4.69, 9.17) is 5.11 Å². The fourth-order valence-electron chi connectivity index (χ4n) is 3.03. The van der Waals surface area contributed by atoms with E-state index in [9.17, 15) is 14.4 Å². The van der Waals surface area contributed by atoms with Crippen molar-refractivity contribution in [3.63, 3.8) is 0 Å². The molecule has 1 heterocycles. The van der Waals surface area contributed by atoms with Crippen LogP contribution in [0.2, 0.25) is 0 Å². The number of carboxylic acids is 1. The Hall–Kier alpha value is -3.15. The number of carbonyl (C=O) groups is 3. The quantitative estimate of drug-likeness (QED) is 0.835. The fraction of sp³-hybridized carbons (Fsp3) is 0.250. The van der Waals surface area contributed by atoms with E-state index >= 15 is 0 Å². The van der Waals surface area contributed by atoms with Gasteiger partial charge in [0, 0.05) is 25.2 Å². The molecule has 1 atom stereocenters. The first-order chi connectivity index (χ1) is 12.5. The van der Waals surface area contributed by atoms with Gasteiger partial charge in [-0.2, -0.15) is 0 Å². The Balaban J connectivity index is 1.57. The molecule has 0 aromatic heterocycles. The van der Waals surface area contributed by atoms with Gasteiger partial charge in [0.1, 0.15) is 0 Å². The number of benzene rings is 2. The molecule has 1 fully saturated rings. The van der Waals surface area contributed by atoms with E-state index in [0.29, 0.717) is 24.3 Å². The minimum Gasteiger partial charge on any atom is -0.481 e. The molecule has 0 bridgehead atoms. The van der Waals surface area contributed by atoms with Gasteiger partial charge >= 0.3 is 5.97 Å². The number of hydrogen-bond donors (Lipinski definition) is 2. The summed E-state index contributed by atoms with van der Waals surface area (Å²) in [6, 6.07) is 16.4. The highest BCUT2D eigenvalue weighted by atomic mass is 16.4. The first-order valence-electron chi connectivity index (χ1n) is 8.44. The number of nitrogens with one attached hydrogen (secondary N) is 1. The molecule has 1 aliphatic rings. The number of carboxylic acid groups (broad SMARTS) is 1. The molecule has 134 valence electrons. The molecule has 0 spiro atoms. The van der Waals surface area contributed by atoms with Crippen LogP contribution in [0.15, 0.2) is 54.6 Å². The zero-order valence-electron chi connectivity index (χ0n) is 14.2. The Morgan fingerprint density at radius 1 is 1.04 bits per heavy atom. The molecule has 26 heavy (non-hydrogen) atoms. The number of hydrogen-bond acceptors (Lipinski definition) is 3. The van der Waals surface area contributed by atoms with Crippen molar-refractivity contribution < 1.29 is 19.5 Å². The first kappa shape index (κ1) is 17.7. The van der Waals surface area contributed by atoms with Crippen molar-refractivity contribution in [2.45, 2.75) is 19.4 Å². The average molecular weight is 352 g/mol. The summed E-state index contributed by atoms with van der Waals surface area (Å²) in [7, 11) is 0. The maximum atomic E-state index is 12.4. The van der Waals surface area contributed by atoms with E-state index in [1.54, 1.807) is 29.2 Å². The zero-order chi connectivity index (χ0) is 18.5. The minimum absolute atomic E-state index is 0.0224. The highest BCUT2D eigenvalue weighted by molar-refractivity contribution is 5.97. The van der Waals surface area contributed by atoms with E-state index in [0.717, 1.165) is 5.56 Å². The summed E-state index contributed by atoms with van der Waals surface area (Å²) in [5.41, 5.74) is 2.30.